The van der Waals surface area contributed by atoms with Gasteiger partial charge in [-0.3, -0.25) is 9.59 Å². The largest absolute Gasteiger partial charge is 0.490 e. The van der Waals surface area contributed by atoms with E-state index in [9.17, 15) is 14.4 Å². The number of hydrogen-bond acceptors (Lipinski definition) is 8. The molecule has 8 heteroatoms. The third kappa shape index (κ3) is 17.4. The molecule has 0 saturated heterocycles. The Morgan fingerprint density at radius 2 is 1.18 bits per heavy atom. The van der Waals surface area contributed by atoms with E-state index in [0.717, 1.165) is 23.3 Å². The fourth-order valence-electron chi connectivity index (χ4n) is 2.80. The Labute approximate surface area is 236 Å². The van der Waals surface area contributed by atoms with E-state index in [0.29, 0.717) is 32.7 Å². The van der Waals surface area contributed by atoms with Gasteiger partial charge in [-0.15, -0.1) is 0 Å². The molecule has 0 aliphatic heterocycles. The highest BCUT2D eigenvalue weighted by molar-refractivity contribution is 5.73. The number of rotatable bonds is 12. The number of para-hydroxylation sites is 1. The summed E-state index contributed by atoms with van der Waals surface area (Å²) < 4.78 is 20.0. The molecular formula is C32H40O8. The standard InChI is InChI=1S/C11H14O3.C11H14O2.C10H12O3/c1-2-11(12)14-9-8-13-10-6-4-3-5-7-10;1-2-6-11(12)13-9-10-7-4-3-5-8-10;1-8(11)10(12)13-7-9-5-3-2-4-6-9/h3-7H,2,8-9H2,1H3;3-5,7-8H,2,6,9H2,1H3;2-6,8,11H,7H2,1H3. The lowest BCUT2D eigenvalue weighted by Crippen LogP contribution is -2.18. The van der Waals surface area contributed by atoms with Gasteiger partial charge in [-0.25, -0.2) is 4.79 Å². The van der Waals surface area contributed by atoms with E-state index in [2.05, 4.69) is 0 Å². The lowest BCUT2D eigenvalue weighted by atomic mass is 10.2. The molecule has 3 rings (SSSR count). The van der Waals surface area contributed by atoms with Crippen molar-refractivity contribution < 1.29 is 38.4 Å². The van der Waals surface area contributed by atoms with Crippen molar-refractivity contribution in [2.45, 2.75) is 59.4 Å². The van der Waals surface area contributed by atoms with Crippen LogP contribution in [0.5, 0.6) is 5.75 Å². The van der Waals surface area contributed by atoms with E-state index in [1.54, 1.807) is 6.92 Å². The molecule has 1 unspecified atom stereocenters. The SMILES string of the molecule is CC(O)C(=O)OCc1ccccc1.CCC(=O)OCCOc1ccccc1.CCCC(=O)OCc1ccccc1. The molecule has 1 N–H and O–H groups in total. The van der Waals surface area contributed by atoms with Crippen molar-refractivity contribution >= 4 is 17.9 Å². The van der Waals surface area contributed by atoms with E-state index >= 15 is 0 Å². The zero-order chi connectivity index (χ0) is 29.4. The molecule has 0 fully saturated rings. The normalized spacial score (nSPS) is 10.4. The van der Waals surface area contributed by atoms with Crippen LogP contribution in [0.3, 0.4) is 0 Å². The molecule has 3 aromatic rings. The minimum absolute atomic E-state index is 0.119. The Morgan fingerprint density at radius 1 is 0.675 bits per heavy atom. The molecule has 0 amide bonds. The third-order valence-electron chi connectivity index (χ3n) is 4.91. The van der Waals surface area contributed by atoms with Gasteiger partial charge < -0.3 is 24.1 Å². The summed E-state index contributed by atoms with van der Waals surface area (Å²) in [5.41, 5.74) is 1.95. The van der Waals surface area contributed by atoms with Crippen molar-refractivity contribution in [2.24, 2.45) is 0 Å². The van der Waals surface area contributed by atoms with Crippen molar-refractivity contribution in [3.05, 3.63) is 102 Å². The van der Waals surface area contributed by atoms with Gasteiger partial charge in [0.25, 0.3) is 0 Å². The molecule has 216 valence electrons. The van der Waals surface area contributed by atoms with Crippen molar-refractivity contribution in [1.29, 1.82) is 0 Å². The van der Waals surface area contributed by atoms with E-state index < -0.39 is 12.1 Å². The van der Waals surface area contributed by atoms with Gasteiger partial charge in [-0.2, -0.15) is 0 Å². The molecule has 0 bridgehead atoms. The highest BCUT2D eigenvalue weighted by Crippen LogP contribution is 2.07. The Kier molecular flexibility index (Phi) is 18.4. The quantitative estimate of drug-likeness (QED) is 0.174. The van der Waals surface area contributed by atoms with Gasteiger partial charge >= 0.3 is 17.9 Å². The van der Waals surface area contributed by atoms with Crippen LogP contribution >= 0.6 is 0 Å². The molecule has 0 heterocycles. The van der Waals surface area contributed by atoms with Gasteiger partial charge in [0.15, 0.2) is 0 Å². The maximum atomic E-state index is 11.0. The van der Waals surface area contributed by atoms with Crippen LogP contribution in [0.4, 0.5) is 0 Å². The zero-order valence-electron chi connectivity index (χ0n) is 23.5. The van der Waals surface area contributed by atoms with Crippen molar-refractivity contribution in [3.8, 4) is 5.75 Å². The average molecular weight is 553 g/mol. The number of benzene rings is 3. The number of ether oxygens (including phenoxy) is 4. The van der Waals surface area contributed by atoms with E-state index in [-0.39, 0.29) is 18.5 Å². The summed E-state index contributed by atoms with van der Waals surface area (Å²) in [5.74, 6) is -0.114. The molecule has 8 nitrogen and oxygen atoms in total. The van der Waals surface area contributed by atoms with Crippen LogP contribution < -0.4 is 4.74 Å². The zero-order valence-corrected chi connectivity index (χ0v) is 23.5. The summed E-state index contributed by atoms with van der Waals surface area (Å²) in [7, 11) is 0. The fourth-order valence-corrected chi connectivity index (χ4v) is 2.80. The first-order valence-electron chi connectivity index (χ1n) is 13.3. The number of carbonyl (C=O) groups is 3. The van der Waals surface area contributed by atoms with Crippen LogP contribution in [0.1, 0.15) is 51.2 Å². The first-order chi connectivity index (χ1) is 19.3. The highest BCUT2D eigenvalue weighted by atomic mass is 16.6. The van der Waals surface area contributed by atoms with Gasteiger partial charge in [-0.1, -0.05) is 92.7 Å². The maximum absolute atomic E-state index is 11.0. The summed E-state index contributed by atoms with van der Waals surface area (Å²) in [6.07, 6.45) is 0.704. The number of aliphatic hydroxyl groups excluding tert-OH is 1. The molecule has 40 heavy (non-hydrogen) atoms. The minimum atomic E-state index is -1.05. The molecular weight excluding hydrogens is 512 g/mol. The lowest BCUT2D eigenvalue weighted by molar-refractivity contribution is -0.153. The number of aliphatic hydroxyl groups is 1. The molecule has 0 radical (unpaired) electrons. The highest BCUT2D eigenvalue weighted by Gasteiger charge is 2.09. The van der Waals surface area contributed by atoms with Gasteiger partial charge in [0, 0.05) is 12.8 Å². The van der Waals surface area contributed by atoms with Gasteiger partial charge in [0.2, 0.25) is 0 Å². The summed E-state index contributed by atoms with van der Waals surface area (Å²) in [5, 5.41) is 8.82. The van der Waals surface area contributed by atoms with Crippen molar-refractivity contribution in [2.75, 3.05) is 13.2 Å². The molecule has 0 aliphatic carbocycles. The smallest absolute Gasteiger partial charge is 0.334 e. The van der Waals surface area contributed by atoms with Crippen LogP contribution in [-0.2, 0) is 41.8 Å². The predicted molar refractivity (Wildman–Crippen MR) is 152 cm³/mol. The van der Waals surface area contributed by atoms with E-state index in [1.807, 2.05) is 97.9 Å². The van der Waals surface area contributed by atoms with Gasteiger partial charge in [0.1, 0.15) is 38.3 Å². The Morgan fingerprint density at radius 3 is 1.65 bits per heavy atom. The second-order valence-electron chi connectivity index (χ2n) is 8.40. The molecule has 0 aliphatic rings. The number of carbonyl (C=O) groups excluding carboxylic acids is 3. The second-order valence-corrected chi connectivity index (χ2v) is 8.40. The van der Waals surface area contributed by atoms with E-state index in [4.69, 9.17) is 24.1 Å². The first kappa shape index (κ1) is 33.9. The molecule has 1 atom stereocenters. The number of hydrogen-bond donors (Lipinski definition) is 1. The monoisotopic (exact) mass is 552 g/mol. The van der Waals surface area contributed by atoms with Crippen molar-refractivity contribution in [1.82, 2.24) is 0 Å². The van der Waals surface area contributed by atoms with Crippen LogP contribution in [0.25, 0.3) is 0 Å². The lowest BCUT2D eigenvalue weighted by Gasteiger charge is -2.05. The van der Waals surface area contributed by atoms with E-state index in [1.165, 1.54) is 6.92 Å². The second kappa shape index (κ2) is 21.7. The third-order valence-corrected chi connectivity index (χ3v) is 4.91. The topological polar surface area (TPSA) is 108 Å². The Hall–Kier alpha value is -4.17. The van der Waals surface area contributed by atoms with Crippen LogP contribution in [0.15, 0.2) is 91.0 Å². The van der Waals surface area contributed by atoms with Crippen LogP contribution in [0.2, 0.25) is 0 Å². The average Bonchev–Trinajstić information content (AvgIpc) is 2.99. The summed E-state index contributed by atoms with van der Waals surface area (Å²) >= 11 is 0. The summed E-state index contributed by atoms with van der Waals surface area (Å²) in [4.78, 5) is 32.6. The molecule has 3 aromatic carbocycles. The minimum Gasteiger partial charge on any atom is -0.490 e. The predicted octanol–water partition coefficient (Wildman–Crippen LogP) is 5.66. The maximum Gasteiger partial charge on any atom is 0.334 e. The van der Waals surface area contributed by atoms with Gasteiger partial charge in [-0.05, 0) is 36.6 Å². The molecule has 0 aromatic heterocycles. The number of esters is 3. The summed E-state index contributed by atoms with van der Waals surface area (Å²) in [6, 6.07) is 28.5. The Balaban J connectivity index is 0.000000300. The van der Waals surface area contributed by atoms with Crippen molar-refractivity contribution in [3.63, 3.8) is 0 Å². The van der Waals surface area contributed by atoms with Gasteiger partial charge in [0.05, 0.1) is 0 Å². The Bertz CT molecular complexity index is 1070. The molecule has 0 saturated carbocycles. The van der Waals surface area contributed by atoms with Crippen LogP contribution in [-0.4, -0.2) is 42.3 Å². The summed E-state index contributed by atoms with van der Waals surface area (Å²) in [6.45, 7) is 6.42. The first-order valence-corrected chi connectivity index (χ1v) is 13.3. The van der Waals surface area contributed by atoms with Crippen LogP contribution in [0, 0.1) is 0 Å². The molecule has 0 spiro atoms. The fraction of sp³-hybridized carbons (Fsp3) is 0.344.